The molecule has 0 aliphatic heterocycles. The molecule has 192 valence electrons. The number of aliphatic hydroxyl groups excluding tert-OH is 1. The van der Waals surface area contributed by atoms with Crippen LogP contribution in [0, 0.1) is 5.92 Å². The molecule has 32 heavy (non-hydrogen) atoms. The van der Waals surface area contributed by atoms with Gasteiger partial charge in [-0.1, -0.05) is 0 Å². The van der Waals surface area contributed by atoms with Gasteiger partial charge in [-0.25, -0.2) is 0 Å². The summed E-state index contributed by atoms with van der Waals surface area (Å²) in [5.41, 5.74) is 0. The quantitative estimate of drug-likeness (QED) is 0.165. The van der Waals surface area contributed by atoms with E-state index in [4.69, 9.17) is 4.43 Å². The summed E-state index contributed by atoms with van der Waals surface area (Å²) in [6, 6.07) is 0. The van der Waals surface area contributed by atoms with Crippen molar-refractivity contribution in [2.75, 3.05) is 6.61 Å². The molecule has 0 amide bonds. The third-order valence-electron chi connectivity index (χ3n) is 7.78. The molecule has 1 atom stereocenters. The van der Waals surface area contributed by atoms with Crippen molar-refractivity contribution in [3.63, 3.8) is 0 Å². The predicted octanol–water partition coefficient (Wildman–Crippen LogP) is 9.51. The third-order valence-corrected chi connectivity index (χ3v) is 28.6. The Kier molecular flexibility index (Phi) is 16.7. The minimum atomic E-state index is -2.56. The van der Waals surface area contributed by atoms with Gasteiger partial charge in [0, 0.05) is 0 Å². The fraction of sp³-hybridized carbons (Fsp3) is 0.929. The van der Waals surface area contributed by atoms with E-state index in [1.54, 1.807) is 3.59 Å². The Morgan fingerprint density at radius 1 is 0.906 bits per heavy atom. The molecular formula is C28H60O2SiSn. The zero-order valence-corrected chi connectivity index (χ0v) is 27.6. The fourth-order valence-corrected chi connectivity index (χ4v) is 22.5. The van der Waals surface area contributed by atoms with Crippen molar-refractivity contribution in [2.45, 2.75) is 151 Å². The topological polar surface area (TPSA) is 29.5 Å². The molecule has 0 aliphatic carbocycles. The predicted molar refractivity (Wildman–Crippen MR) is 151 cm³/mol. The van der Waals surface area contributed by atoms with E-state index in [0.717, 1.165) is 25.9 Å². The summed E-state index contributed by atoms with van der Waals surface area (Å²) in [4.78, 5) is 0. The van der Waals surface area contributed by atoms with Crippen LogP contribution in [-0.2, 0) is 4.43 Å². The zero-order valence-electron chi connectivity index (χ0n) is 23.8. The molecule has 0 fully saturated rings. The van der Waals surface area contributed by atoms with Crippen molar-refractivity contribution in [1.82, 2.24) is 0 Å². The van der Waals surface area contributed by atoms with E-state index in [-0.39, 0.29) is 11.1 Å². The molecule has 0 saturated carbocycles. The molecule has 1 N–H and O–H groups in total. The first-order valence-electron chi connectivity index (χ1n) is 13.9. The van der Waals surface area contributed by atoms with Gasteiger partial charge in [0.05, 0.1) is 0 Å². The molecule has 2 nitrogen and oxygen atoms in total. The van der Waals surface area contributed by atoms with Crippen LogP contribution in [0.2, 0.25) is 31.4 Å². The summed E-state index contributed by atoms with van der Waals surface area (Å²) in [5.74, 6) is 0.650. The third kappa shape index (κ3) is 12.4. The van der Waals surface area contributed by atoms with Gasteiger partial charge in [-0.05, 0) is 0 Å². The maximum atomic E-state index is 11.0. The average Bonchev–Trinajstić information content (AvgIpc) is 2.70. The summed E-state index contributed by atoms with van der Waals surface area (Å²) in [5, 5.41) is 11.3. The monoisotopic (exact) mass is 576 g/mol. The first kappa shape index (κ1) is 32.7. The number of unbranched alkanes of at least 4 members (excludes halogenated alkanes) is 3. The van der Waals surface area contributed by atoms with Gasteiger partial charge in [0.25, 0.3) is 0 Å². The molecule has 0 heterocycles. The molecule has 0 radical (unpaired) electrons. The van der Waals surface area contributed by atoms with E-state index in [9.17, 15) is 5.11 Å². The van der Waals surface area contributed by atoms with Crippen LogP contribution in [0.1, 0.15) is 113 Å². The van der Waals surface area contributed by atoms with Crippen molar-refractivity contribution in [3.8, 4) is 0 Å². The first-order chi connectivity index (χ1) is 14.8. The minimum absolute atomic E-state index is 0.251. The van der Waals surface area contributed by atoms with Crippen LogP contribution in [0.25, 0.3) is 0 Å². The molecule has 0 aromatic rings. The summed E-state index contributed by atoms with van der Waals surface area (Å²) in [6.45, 7) is 24.1. The van der Waals surface area contributed by atoms with Crippen molar-refractivity contribution >= 4 is 26.7 Å². The Balaban J connectivity index is 5.93. The fourth-order valence-electron chi connectivity index (χ4n) is 4.38. The molecule has 1 unspecified atom stereocenters. The maximum absolute atomic E-state index is 11.0. The second-order valence-corrected chi connectivity index (χ2v) is 30.4. The van der Waals surface area contributed by atoms with Gasteiger partial charge in [-0.3, -0.25) is 0 Å². The SMILES string of the molecule is CCC[CH2][Sn]([CH2]CCC)([CH2]CCC)/[C](=C/C(O)CCC(C)C)CCO[Si](C)(C)C(C)(C)C. The van der Waals surface area contributed by atoms with E-state index in [2.05, 4.69) is 74.6 Å². The molecule has 0 rings (SSSR count). The summed E-state index contributed by atoms with van der Waals surface area (Å²) < 4.78 is 12.8. The van der Waals surface area contributed by atoms with Crippen molar-refractivity contribution < 1.29 is 9.53 Å². The van der Waals surface area contributed by atoms with E-state index >= 15 is 0 Å². The van der Waals surface area contributed by atoms with Crippen LogP contribution in [-0.4, -0.2) is 44.5 Å². The van der Waals surface area contributed by atoms with Crippen LogP contribution >= 0.6 is 0 Å². The van der Waals surface area contributed by atoms with Crippen molar-refractivity contribution in [2.24, 2.45) is 5.92 Å². The van der Waals surface area contributed by atoms with Crippen LogP contribution in [0.3, 0.4) is 0 Å². The summed E-state index contributed by atoms with van der Waals surface area (Å²) in [7, 11) is -1.74. The van der Waals surface area contributed by atoms with E-state index in [0.29, 0.717) is 5.92 Å². The summed E-state index contributed by atoms with van der Waals surface area (Å²) in [6.07, 6.45) is 13.1. The number of aliphatic hydroxyl groups is 1. The molecule has 0 saturated heterocycles. The van der Waals surface area contributed by atoms with Crippen LogP contribution in [0.15, 0.2) is 9.67 Å². The van der Waals surface area contributed by atoms with Crippen molar-refractivity contribution in [1.29, 1.82) is 0 Å². The van der Waals surface area contributed by atoms with Gasteiger partial charge in [0.15, 0.2) is 0 Å². The van der Waals surface area contributed by atoms with Gasteiger partial charge in [0.1, 0.15) is 0 Å². The second-order valence-electron chi connectivity index (χ2n) is 12.2. The number of hydrogen-bond donors (Lipinski definition) is 1. The second kappa shape index (κ2) is 16.4. The first-order valence-corrected chi connectivity index (χ1v) is 24.3. The molecule has 0 aromatic heterocycles. The van der Waals surface area contributed by atoms with Crippen LogP contribution in [0.5, 0.6) is 0 Å². The summed E-state index contributed by atoms with van der Waals surface area (Å²) >= 11 is -2.56. The Bertz CT molecular complexity index is 486. The Hall–Kier alpha value is 0.676. The van der Waals surface area contributed by atoms with Gasteiger partial charge in [0.2, 0.25) is 0 Å². The van der Waals surface area contributed by atoms with Gasteiger partial charge >= 0.3 is 209 Å². The molecule has 0 aliphatic rings. The van der Waals surface area contributed by atoms with Crippen molar-refractivity contribution in [3.05, 3.63) is 9.67 Å². The molecule has 0 aromatic carbocycles. The molecule has 0 bridgehead atoms. The van der Waals surface area contributed by atoms with Crippen LogP contribution in [0.4, 0.5) is 0 Å². The average molecular weight is 576 g/mol. The molecule has 0 spiro atoms. The van der Waals surface area contributed by atoms with Crippen LogP contribution < -0.4 is 0 Å². The Labute approximate surface area is 208 Å². The van der Waals surface area contributed by atoms with Gasteiger partial charge in [-0.2, -0.15) is 0 Å². The molecule has 4 heteroatoms. The molecular weight excluding hydrogens is 515 g/mol. The normalized spacial score (nSPS) is 14.9. The zero-order chi connectivity index (χ0) is 24.8. The van der Waals surface area contributed by atoms with Gasteiger partial charge in [-0.15, -0.1) is 0 Å². The standard InChI is InChI=1S/C16H33O2Si.3C4H9.Sn/c1-14(2)11-12-15(17)10-8-9-13-18-19(6,7)16(3,4)5;3*1-3-4-2;/h10,14-15,17H,9,11-13H2,1-7H3;3*1,3-4H2,2H3;. The van der Waals surface area contributed by atoms with Gasteiger partial charge < -0.3 is 0 Å². The Morgan fingerprint density at radius 2 is 1.38 bits per heavy atom. The Morgan fingerprint density at radius 3 is 1.75 bits per heavy atom. The number of rotatable bonds is 18. The van der Waals surface area contributed by atoms with E-state index in [1.165, 1.54) is 51.8 Å². The van der Waals surface area contributed by atoms with E-state index < -0.39 is 26.7 Å². The van der Waals surface area contributed by atoms with E-state index in [1.807, 2.05) is 0 Å². The number of hydrogen-bond acceptors (Lipinski definition) is 2.